The van der Waals surface area contributed by atoms with Gasteiger partial charge in [0, 0.05) is 23.6 Å². The van der Waals surface area contributed by atoms with E-state index in [0.717, 1.165) is 34.1 Å². The van der Waals surface area contributed by atoms with Crippen molar-refractivity contribution in [2.24, 2.45) is 4.99 Å². The Morgan fingerprint density at radius 3 is 2.41 bits per heavy atom. The van der Waals surface area contributed by atoms with Gasteiger partial charge in [0.2, 0.25) is 0 Å². The van der Waals surface area contributed by atoms with E-state index in [2.05, 4.69) is 9.56 Å². The minimum Gasteiger partial charge on any atom is -0.497 e. The summed E-state index contributed by atoms with van der Waals surface area (Å²) in [4.78, 5) is 20.0. The standard InChI is InChI=1S/C25H24FN3O2S/c1-5-28-24(30)23(32-25(28)27-20-8-12-22(31-4)13-9-20)15-18-14-16(2)29(17(18)3)21-10-6-19(26)7-11-21/h6-15H,5H2,1-4H3/b23-15+,27-25?. The van der Waals surface area contributed by atoms with Crippen molar-refractivity contribution in [2.45, 2.75) is 20.8 Å². The number of hydrogen-bond acceptors (Lipinski definition) is 4. The molecule has 0 unspecified atom stereocenters. The van der Waals surface area contributed by atoms with Gasteiger partial charge in [0.1, 0.15) is 11.6 Å². The minimum atomic E-state index is -0.269. The molecule has 0 atom stereocenters. The number of amides is 1. The van der Waals surface area contributed by atoms with Gasteiger partial charge < -0.3 is 9.30 Å². The van der Waals surface area contributed by atoms with Crippen LogP contribution in [0.15, 0.2) is 64.5 Å². The molecule has 0 N–H and O–H groups in total. The van der Waals surface area contributed by atoms with Gasteiger partial charge in [-0.15, -0.1) is 0 Å². The van der Waals surface area contributed by atoms with E-state index in [4.69, 9.17) is 4.74 Å². The molecule has 0 bridgehead atoms. The van der Waals surface area contributed by atoms with Gasteiger partial charge in [0.25, 0.3) is 5.91 Å². The van der Waals surface area contributed by atoms with Crippen molar-refractivity contribution < 1.29 is 13.9 Å². The van der Waals surface area contributed by atoms with E-state index in [-0.39, 0.29) is 11.7 Å². The highest BCUT2D eigenvalue weighted by Gasteiger charge is 2.32. The second kappa shape index (κ2) is 9.04. The quantitative estimate of drug-likeness (QED) is 0.458. The Hall–Kier alpha value is -3.32. The number of aryl methyl sites for hydroxylation is 1. The molecule has 1 aromatic heterocycles. The molecule has 1 saturated heterocycles. The molecule has 0 spiro atoms. The van der Waals surface area contributed by atoms with Crippen LogP contribution in [0.2, 0.25) is 0 Å². The third-order valence-electron chi connectivity index (χ3n) is 5.34. The van der Waals surface area contributed by atoms with Gasteiger partial charge in [0.15, 0.2) is 5.17 Å². The van der Waals surface area contributed by atoms with Crippen LogP contribution in [0.4, 0.5) is 10.1 Å². The number of carbonyl (C=O) groups is 1. The molecular formula is C25H24FN3O2S. The Labute approximate surface area is 191 Å². The fourth-order valence-corrected chi connectivity index (χ4v) is 4.75. The van der Waals surface area contributed by atoms with Crippen molar-refractivity contribution in [1.29, 1.82) is 0 Å². The monoisotopic (exact) mass is 449 g/mol. The summed E-state index contributed by atoms with van der Waals surface area (Å²) >= 11 is 1.37. The predicted molar refractivity (Wildman–Crippen MR) is 128 cm³/mol. The Morgan fingerprint density at radius 1 is 1.09 bits per heavy atom. The third-order valence-corrected chi connectivity index (χ3v) is 6.35. The average molecular weight is 450 g/mol. The van der Waals surface area contributed by atoms with Gasteiger partial charge in [-0.1, -0.05) is 0 Å². The number of methoxy groups -OCH3 is 1. The van der Waals surface area contributed by atoms with Crippen LogP contribution in [-0.4, -0.2) is 34.2 Å². The summed E-state index contributed by atoms with van der Waals surface area (Å²) in [5.41, 5.74) is 4.59. The molecule has 1 aliphatic rings. The lowest BCUT2D eigenvalue weighted by molar-refractivity contribution is -0.122. The zero-order chi connectivity index (χ0) is 22.8. The van der Waals surface area contributed by atoms with Crippen molar-refractivity contribution in [3.63, 3.8) is 0 Å². The van der Waals surface area contributed by atoms with Gasteiger partial charge in [-0.2, -0.15) is 0 Å². The second-order valence-electron chi connectivity index (χ2n) is 7.39. The van der Waals surface area contributed by atoms with E-state index in [1.54, 1.807) is 24.1 Å². The molecule has 1 fully saturated rings. The third kappa shape index (κ3) is 4.21. The molecule has 0 saturated carbocycles. The number of aromatic nitrogens is 1. The Kier molecular flexibility index (Phi) is 6.19. The molecule has 32 heavy (non-hydrogen) atoms. The van der Waals surface area contributed by atoms with E-state index in [0.29, 0.717) is 16.6 Å². The first-order valence-corrected chi connectivity index (χ1v) is 11.1. The first kappa shape index (κ1) is 21.9. The lowest BCUT2D eigenvalue weighted by Gasteiger charge is -2.12. The zero-order valence-electron chi connectivity index (χ0n) is 18.4. The number of thioether (sulfide) groups is 1. The molecular weight excluding hydrogens is 425 g/mol. The molecule has 4 rings (SSSR count). The van der Waals surface area contributed by atoms with E-state index < -0.39 is 0 Å². The molecule has 2 heterocycles. The minimum absolute atomic E-state index is 0.0589. The second-order valence-corrected chi connectivity index (χ2v) is 8.40. The van der Waals surface area contributed by atoms with Crippen LogP contribution in [0.1, 0.15) is 23.9 Å². The van der Waals surface area contributed by atoms with Crippen molar-refractivity contribution in [3.8, 4) is 11.4 Å². The summed E-state index contributed by atoms with van der Waals surface area (Å²) in [5, 5.41) is 0.654. The summed E-state index contributed by atoms with van der Waals surface area (Å²) in [6.45, 7) is 6.46. The highest BCUT2D eigenvalue weighted by Crippen LogP contribution is 2.35. The lowest BCUT2D eigenvalue weighted by Crippen LogP contribution is -2.28. The largest absolute Gasteiger partial charge is 0.497 e. The number of halogens is 1. The Balaban J connectivity index is 1.67. The van der Waals surface area contributed by atoms with Crippen molar-refractivity contribution in [1.82, 2.24) is 9.47 Å². The normalized spacial score (nSPS) is 16.4. The van der Waals surface area contributed by atoms with E-state index in [1.807, 2.05) is 57.2 Å². The molecule has 5 nitrogen and oxygen atoms in total. The van der Waals surface area contributed by atoms with E-state index >= 15 is 0 Å². The number of ether oxygens (including phenoxy) is 1. The first-order valence-electron chi connectivity index (χ1n) is 10.3. The molecule has 1 amide bonds. The summed E-state index contributed by atoms with van der Waals surface area (Å²) in [6, 6.07) is 15.9. The smallest absolute Gasteiger partial charge is 0.266 e. The van der Waals surface area contributed by atoms with Crippen LogP contribution in [-0.2, 0) is 4.79 Å². The lowest BCUT2D eigenvalue weighted by atomic mass is 10.2. The van der Waals surface area contributed by atoms with Crippen molar-refractivity contribution in [2.75, 3.05) is 13.7 Å². The van der Waals surface area contributed by atoms with Crippen LogP contribution in [0.25, 0.3) is 11.8 Å². The van der Waals surface area contributed by atoms with Gasteiger partial charge in [-0.05, 0) is 98.8 Å². The number of hydrogen-bond donors (Lipinski definition) is 0. The number of aliphatic imine (C=N–C) groups is 1. The van der Waals surface area contributed by atoms with E-state index in [9.17, 15) is 9.18 Å². The predicted octanol–water partition coefficient (Wildman–Crippen LogP) is 5.87. The molecule has 0 aliphatic carbocycles. The van der Waals surface area contributed by atoms with Gasteiger partial charge >= 0.3 is 0 Å². The maximum absolute atomic E-state index is 13.3. The number of rotatable bonds is 5. The van der Waals surface area contributed by atoms with Gasteiger partial charge in [-0.3, -0.25) is 9.69 Å². The van der Waals surface area contributed by atoms with Crippen LogP contribution in [0.3, 0.4) is 0 Å². The molecule has 3 aromatic rings. The van der Waals surface area contributed by atoms with E-state index in [1.165, 1.54) is 23.9 Å². The van der Waals surface area contributed by atoms with Gasteiger partial charge in [0.05, 0.1) is 17.7 Å². The average Bonchev–Trinajstić information content (AvgIpc) is 3.24. The Morgan fingerprint density at radius 2 is 1.78 bits per heavy atom. The summed E-state index contributed by atoms with van der Waals surface area (Å²) < 4.78 is 20.6. The summed E-state index contributed by atoms with van der Waals surface area (Å²) in [6.07, 6.45) is 1.91. The topological polar surface area (TPSA) is 46.8 Å². The highest BCUT2D eigenvalue weighted by molar-refractivity contribution is 8.18. The number of carbonyl (C=O) groups excluding carboxylic acids is 1. The molecule has 1 aliphatic heterocycles. The number of benzene rings is 2. The number of amidine groups is 1. The SMILES string of the molecule is CCN1C(=O)/C(=C\c2cc(C)n(-c3ccc(F)cc3)c2C)SC1=Nc1ccc(OC)cc1. The number of likely N-dealkylation sites (N-methyl/N-ethyl adjacent to an activating group) is 1. The molecule has 2 aromatic carbocycles. The highest BCUT2D eigenvalue weighted by atomic mass is 32.2. The maximum Gasteiger partial charge on any atom is 0.266 e. The maximum atomic E-state index is 13.3. The number of nitrogens with zero attached hydrogens (tertiary/aromatic N) is 3. The summed E-state index contributed by atoms with van der Waals surface area (Å²) in [5.74, 6) is 0.430. The van der Waals surface area contributed by atoms with Crippen molar-refractivity contribution >= 4 is 34.6 Å². The molecule has 164 valence electrons. The molecule has 0 radical (unpaired) electrons. The molecule has 7 heteroatoms. The fourth-order valence-electron chi connectivity index (χ4n) is 3.70. The van der Waals surface area contributed by atoms with Crippen molar-refractivity contribution in [3.05, 3.63) is 82.3 Å². The van der Waals surface area contributed by atoms with Crippen LogP contribution in [0, 0.1) is 19.7 Å². The fraction of sp³-hybridized carbons (Fsp3) is 0.200. The van der Waals surface area contributed by atoms with Crippen LogP contribution >= 0.6 is 11.8 Å². The summed E-state index contributed by atoms with van der Waals surface area (Å²) in [7, 11) is 1.62. The van der Waals surface area contributed by atoms with Crippen LogP contribution in [0.5, 0.6) is 5.75 Å². The van der Waals surface area contributed by atoms with Crippen LogP contribution < -0.4 is 4.74 Å². The van der Waals surface area contributed by atoms with Gasteiger partial charge in [-0.25, -0.2) is 9.38 Å². The first-order chi connectivity index (χ1) is 15.4. The Bertz CT molecular complexity index is 1210. The zero-order valence-corrected chi connectivity index (χ0v) is 19.2.